The van der Waals surface area contributed by atoms with Gasteiger partial charge in [0.15, 0.2) is 5.58 Å². The number of hydrogen-bond donors (Lipinski definition) is 1. The standard InChI is InChI=1S/C17H21FN2O2/c18-13-1-2-14-15(9-13)22-19-16(14)12-3-7-20(8-4-12)10-17(11-21)5-6-17/h1-2,9,12,21H,3-8,10-11H2. The van der Waals surface area contributed by atoms with Gasteiger partial charge in [0, 0.05) is 35.9 Å². The molecule has 1 aromatic carbocycles. The number of fused-ring (bicyclic) bond motifs is 1. The predicted molar refractivity (Wildman–Crippen MR) is 81.1 cm³/mol. The molecule has 0 bridgehead atoms. The van der Waals surface area contributed by atoms with Crippen LogP contribution in [-0.4, -0.2) is 41.4 Å². The summed E-state index contributed by atoms with van der Waals surface area (Å²) in [5.74, 6) is 0.0935. The number of rotatable bonds is 4. The number of aliphatic hydroxyl groups is 1. The molecule has 1 N–H and O–H groups in total. The number of aromatic nitrogens is 1. The zero-order valence-corrected chi connectivity index (χ0v) is 12.6. The summed E-state index contributed by atoms with van der Waals surface area (Å²) < 4.78 is 18.5. The fourth-order valence-corrected chi connectivity index (χ4v) is 3.61. The summed E-state index contributed by atoms with van der Waals surface area (Å²) in [5, 5.41) is 14.6. The van der Waals surface area contributed by atoms with Gasteiger partial charge in [-0.1, -0.05) is 5.16 Å². The highest BCUT2D eigenvalue weighted by atomic mass is 19.1. The topological polar surface area (TPSA) is 49.5 Å². The minimum Gasteiger partial charge on any atom is -0.396 e. The maximum Gasteiger partial charge on any atom is 0.170 e. The van der Waals surface area contributed by atoms with Crippen LogP contribution in [0.25, 0.3) is 11.0 Å². The highest BCUT2D eigenvalue weighted by Gasteiger charge is 2.43. The summed E-state index contributed by atoms with van der Waals surface area (Å²) in [5.41, 5.74) is 1.69. The molecule has 2 aromatic rings. The predicted octanol–water partition coefficient (Wildman–Crippen LogP) is 2.92. The highest BCUT2D eigenvalue weighted by molar-refractivity contribution is 5.79. The fourth-order valence-electron chi connectivity index (χ4n) is 3.61. The fraction of sp³-hybridized carbons (Fsp3) is 0.588. The van der Waals surface area contributed by atoms with E-state index in [9.17, 15) is 9.50 Å². The Morgan fingerprint density at radius 3 is 2.77 bits per heavy atom. The number of nitrogens with zero attached hydrogens (tertiary/aromatic N) is 2. The van der Waals surface area contributed by atoms with Gasteiger partial charge in [0.05, 0.1) is 5.69 Å². The van der Waals surface area contributed by atoms with Crippen molar-refractivity contribution in [2.45, 2.75) is 31.6 Å². The first-order valence-electron chi connectivity index (χ1n) is 8.07. The van der Waals surface area contributed by atoms with Crippen LogP contribution in [-0.2, 0) is 0 Å². The second-order valence-electron chi connectivity index (χ2n) is 6.92. The van der Waals surface area contributed by atoms with E-state index in [4.69, 9.17) is 4.52 Å². The second-order valence-corrected chi connectivity index (χ2v) is 6.92. The van der Waals surface area contributed by atoms with E-state index in [1.165, 1.54) is 12.1 Å². The largest absolute Gasteiger partial charge is 0.396 e. The van der Waals surface area contributed by atoms with Crippen molar-refractivity contribution in [3.05, 3.63) is 29.7 Å². The third-order valence-corrected chi connectivity index (χ3v) is 5.29. The molecule has 1 aliphatic carbocycles. The van der Waals surface area contributed by atoms with Crippen molar-refractivity contribution in [1.82, 2.24) is 10.1 Å². The van der Waals surface area contributed by atoms with Gasteiger partial charge in [0.2, 0.25) is 0 Å². The van der Waals surface area contributed by atoms with Gasteiger partial charge in [-0.15, -0.1) is 0 Å². The van der Waals surface area contributed by atoms with E-state index in [1.807, 2.05) is 0 Å². The Morgan fingerprint density at radius 2 is 2.09 bits per heavy atom. The molecule has 0 amide bonds. The van der Waals surface area contributed by atoms with Gasteiger partial charge in [-0.25, -0.2) is 4.39 Å². The van der Waals surface area contributed by atoms with Gasteiger partial charge in [-0.2, -0.15) is 0 Å². The number of likely N-dealkylation sites (tertiary alicyclic amines) is 1. The van der Waals surface area contributed by atoms with E-state index in [2.05, 4.69) is 10.1 Å². The smallest absolute Gasteiger partial charge is 0.170 e. The first-order chi connectivity index (χ1) is 10.7. The molecular weight excluding hydrogens is 283 g/mol. The average molecular weight is 304 g/mol. The Kier molecular flexibility index (Phi) is 3.42. The van der Waals surface area contributed by atoms with Crippen molar-refractivity contribution < 1.29 is 14.0 Å². The van der Waals surface area contributed by atoms with Gasteiger partial charge in [0.1, 0.15) is 5.82 Å². The molecule has 1 saturated carbocycles. The molecular formula is C17H21FN2O2. The lowest BCUT2D eigenvalue weighted by molar-refractivity contribution is 0.127. The molecule has 1 aliphatic heterocycles. The van der Waals surface area contributed by atoms with Crippen LogP contribution in [0.4, 0.5) is 4.39 Å². The van der Waals surface area contributed by atoms with Gasteiger partial charge >= 0.3 is 0 Å². The highest BCUT2D eigenvalue weighted by Crippen LogP contribution is 2.46. The maximum atomic E-state index is 13.2. The van der Waals surface area contributed by atoms with E-state index in [0.717, 1.165) is 56.4 Å². The summed E-state index contributed by atoms with van der Waals surface area (Å²) in [6.45, 7) is 3.39. The van der Waals surface area contributed by atoms with Crippen molar-refractivity contribution in [3.63, 3.8) is 0 Å². The lowest BCUT2D eigenvalue weighted by Crippen LogP contribution is -2.38. The lowest BCUT2D eigenvalue weighted by atomic mass is 9.91. The zero-order valence-electron chi connectivity index (χ0n) is 12.6. The maximum absolute atomic E-state index is 13.2. The minimum absolute atomic E-state index is 0.185. The van der Waals surface area contributed by atoms with E-state index in [1.54, 1.807) is 6.07 Å². The number of hydrogen-bond acceptors (Lipinski definition) is 4. The van der Waals surface area contributed by atoms with E-state index in [0.29, 0.717) is 18.1 Å². The van der Waals surface area contributed by atoms with Crippen LogP contribution in [0.5, 0.6) is 0 Å². The van der Waals surface area contributed by atoms with Crippen LogP contribution < -0.4 is 0 Å². The number of piperidine rings is 1. The average Bonchev–Trinajstić information content (AvgIpc) is 3.19. The van der Waals surface area contributed by atoms with Gasteiger partial charge in [-0.05, 0) is 50.9 Å². The summed E-state index contributed by atoms with van der Waals surface area (Å²) in [6.07, 6.45) is 4.40. The van der Waals surface area contributed by atoms with Gasteiger partial charge < -0.3 is 14.5 Å². The number of benzene rings is 1. The van der Waals surface area contributed by atoms with Crippen molar-refractivity contribution in [3.8, 4) is 0 Å². The molecule has 4 rings (SSSR count). The molecule has 1 saturated heterocycles. The monoisotopic (exact) mass is 304 g/mol. The molecule has 0 atom stereocenters. The molecule has 2 aliphatic rings. The molecule has 4 nitrogen and oxygen atoms in total. The summed E-state index contributed by atoms with van der Waals surface area (Å²) in [6, 6.07) is 4.64. The third kappa shape index (κ3) is 2.52. The Bertz CT molecular complexity index is 672. The Labute approximate surface area is 128 Å². The first kappa shape index (κ1) is 14.2. The number of halogens is 1. The van der Waals surface area contributed by atoms with E-state index < -0.39 is 0 Å². The van der Waals surface area contributed by atoms with Crippen LogP contribution in [0, 0.1) is 11.2 Å². The van der Waals surface area contributed by atoms with Crippen LogP contribution >= 0.6 is 0 Å². The summed E-state index contributed by atoms with van der Waals surface area (Å²) in [4.78, 5) is 2.46. The molecule has 2 heterocycles. The minimum atomic E-state index is -0.288. The van der Waals surface area contributed by atoms with Gasteiger partial charge in [0.25, 0.3) is 0 Å². The molecule has 5 heteroatoms. The molecule has 22 heavy (non-hydrogen) atoms. The van der Waals surface area contributed by atoms with Crippen molar-refractivity contribution in [1.29, 1.82) is 0 Å². The normalized spacial score (nSPS) is 22.3. The second kappa shape index (κ2) is 5.32. The van der Waals surface area contributed by atoms with Crippen molar-refractivity contribution in [2.75, 3.05) is 26.2 Å². The van der Waals surface area contributed by atoms with Crippen LogP contribution in [0.3, 0.4) is 0 Å². The number of aliphatic hydroxyl groups excluding tert-OH is 1. The molecule has 2 fully saturated rings. The van der Waals surface area contributed by atoms with E-state index in [-0.39, 0.29) is 11.2 Å². The first-order valence-corrected chi connectivity index (χ1v) is 8.07. The van der Waals surface area contributed by atoms with Crippen LogP contribution in [0.15, 0.2) is 22.7 Å². The van der Waals surface area contributed by atoms with E-state index >= 15 is 0 Å². The Hall–Kier alpha value is -1.46. The third-order valence-electron chi connectivity index (χ3n) is 5.29. The molecule has 0 unspecified atom stereocenters. The zero-order chi connectivity index (χ0) is 15.2. The molecule has 0 radical (unpaired) electrons. The SMILES string of the molecule is OCC1(CN2CCC(c3noc4cc(F)ccc34)CC2)CC1. The molecule has 0 spiro atoms. The van der Waals surface area contributed by atoms with Crippen LogP contribution in [0.1, 0.15) is 37.3 Å². The molecule has 118 valence electrons. The Morgan fingerprint density at radius 1 is 1.32 bits per heavy atom. The lowest BCUT2D eigenvalue weighted by Gasteiger charge is -2.33. The Balaban J connectivity index is 1.44. The quantitative estimate of drug-likeness (QED) is 0.943. The summed E-state index contributed by atoms with van der Waals surface area (Å²) in [7, 11) is 0. The summed E-state index contributed by atoms with van der Waals surface area (Å²) >= 11 is 0. The molecule has 1 aromatic heterocycles. The van der Waals surface area contributed by atoms with Crippen molar-refractivity contribution >= 4 is 11.0 Å². The van der Waals surface area contributed by atoms with Gasteiger partial charge in [-0.3, -0.25) is 0 Å². The van der Waals surface area contributed by atoms with Crippen molar-refractivity contribution in [2.24, 2.45) is 5.41 Å². The van der Waals surface area contributed by atoms with Crippen LogP contribution in [0.2, 0.25) is 0 Å².